The Kier molecular flexibility index (Phi) is 4.57. The molecule has 0 fully saturated rings. The summed E-state index contributed by atoms with van der Waals surface area (Å²) in [6.45, 7) is 3.54. The number of ether oxygens (including phenoxy) is 1. The van der Waals surface area contributed by atoms with Crippen molar-refractivity contribution in [2.24, 2.45) is 5.73 Å². The van der Waals surface area contributed by atoms with Crippen LogP contribution in [0.15, 0.2) is 36.9 Å². The molecular weight excluding hydrogens is 231 g/mol. The topological polar surface area (TPSA) is 35.2 Å². The van der Waals surface area contributed by atoms with E-state index in [-0.39, 0.29) is 5.75 Å². The third kappa shape index (κ3) is 4.48. The molecule has 0 aliphatic heterocycles. The highest BCUT2D eigenvalue weighted by molar-refractivity contribution is 5.35. The second kappa shape index (κ2) is 5.72. The van der Waals surface area contributed by atoms with E-state index in [1.54, 1.807) is 12.1 Å². The van der Waals surface area contributed by atoms with Crippen molar-refractivity contribution in [3.63, 3.8) is 0 Å². The van der Waals surface area contributed by atoms with Crippen LogP contribution in [0.4, 0.5) is 13.2 Å². The fourth-order valence-electron chi connectivity index (χ4n) is 1.46. The van der Waals surface area contributed by atoms with E-state index in [4.69, 9.17) is 5.73 Å². The average Bonchev–Trinajstić information content (AvgIpc) is 2.24. The molecule has 0 bridgehead atoms. The van der Waals surface area contributed by atoms with Gasteiger partial charge in [-0.3, -0.25) is 0 Å². The number of nitrogens with two attached hydrogens (primary N) is 1. The fraction of sp³-hybridized carbons (Fsp3) is 0.333. The van der Waals surface area contributed by atoms with Crippen LogP contribution in [0.3, 0.4) is 0 Å². The Labute approximate surface area is 97.9 Å². The van der Waals surface area contributed by atoms with Gasteiger partial charge in [0.25, 0.3) is 0 Å². The van der Waals surface area contributed by atoms with Crippen LogP contribution < -0.4 is 10.5 Å². The molecule has 0 heterocycles. The van der Waals surface area contributed by atoms with Crippen molar-refractivity contribution < 1.29 is 17.9 Å². The predicted molar refractivity (Wildman–Crippen MR) is 59.5 cm³/mol. The lowest BCUT2D eigenvalue weighted by atomic mass is 10.0. The van der Waals surface area contributed by atoms with E-state index in [0.717, 1.165) is 0 Å². The van der Waals surface area contributed by atoms with E-state index < -0.39 is 12.4 Å². The van der Waals surface area contributed by atoms with Crippen LogP contribution in [0.1, 0.15) is 24.4 Å². The first kappa shape index (κ1) is 13.6. The van der Waals surface area contributed by atoms with Crippen molar-refractivity contribution in [1.82, 2.24) is 0 Å². The van der Waals surface area contributed by atoms with Crippen LogP contribution in [0.25, 0.3) is 0 Å². The summed E-state index contributed by atoms with van der Waals surface area (Å²) in [7, 11) is 0. The lowest BCUT2D eigenvalue weighted by Gasteiger charge is -2.17. The van der Waals surface area contributed by atoms with Crippen molar-refractivity contribution >= 4 is 0 Å². The van der Waals surface area contributed by atoms with Gasteiger partial charge >= 0.3 is 6.36 Å². The third-order valence-electron chi connectivity index (χ3n) is 2.23. The zero-order valence-corrected chi connectivity index (χ0v) is 9.20. The first-order chi connectivity index (χ1) is 7.94. The van der Waals surface area contributed by atoms with E-state index >= 15 is 0 Å². The highest BCUT2D eigenvalue weighted by Gasteiger charge is 2.32. The first-order valence-corrected chi connectivity index (χ1v) is 5.15. The number of benzene rings is 1. The van der Waals surface area contributed by atoms with E-state index in [1.807, 2.05) is 0 Å². The minimum Gasteiger partial charge on any atom is -0.405 e. The predicted octanol–water partition coefficient (Wildman–Crippen LogP) is 3.55. The summed E-state index contributed by atoms with van der Waals surface area (Å²) in [5.74, 6) is -0.239. The van der Waals surface area contributed by atoms with E-state index in [2.05, 4.69) is 11.3 Å². The molecule has 0 radical (unpaired) electrons. The Morgan fingerprint density at radius 3 is 2.59 bits per heavy atom. The van der Waals surface area contributed by atoms with Gasteiger partial charge in [-0.15, -0.1) is 19.8 Å². The number of halogens is 3. The molecule has 0 saturated carbocycles. The molecule has 1 atom stereocenters. The Bertz CT molecular complexity index is 376. The Balaban J connectivity index is 2.87. The molecule has 0 saturated heterocycles. The van der Waals surface area contributed by atoms with E-state index in [1.165, 1.54) is 18.2 Å². The number of hydrogen-bond donors (Lipinski definition) is 1. The van der Waals surface area contributed by atoms with Crippen molar-refractivity contribution in [3.05, 3.63) is 42.5 Å². The summed E-state index contributed by atoms with van der Waals surface area (Å²) >= 11 is 0. The van der Waals surface area contributed by atoms with Gasteiger partial charge in [-0.25, -0.2) is 0 Å². The standard InChI is InChI=1S/C12H14F3NO/c1-2-3-7-10(16)9-6-4-5-8-11(9)17-12(13,14)15/h2,4-6,8,10H,1,3,7,16H2/t10-/m1/s1. The molecule has 0 amide bonds. The fourth-order valence-corrected chi connectivity index (χ4v) is 1.46. The SMILES string of the molecule is C=CCC[C@@H](N)c1ccccc1OC(F)(F)F. The maximum absolute atomic E-state index is 12.2. The second-order valence-electron chi connectivity index (χ2n) is 3.56. The van der Waals surface area contributed by atoms with Gasteiger partial charge in [-0.2, -0.15) is 0 Å². The highest BCUT2D eigenvalue weighted by atomic mass is 19.4. The number of hydrogen-bond acceptors (Lipinski definition) is 2. The highest BCUT2D eigenvalue weighted by Crippen LogP contribution is 2.30. The lowest BCUT2D eigenvalue weighted by Crippen LogP contribution is -2.20. The maximum atomic E-state index is 12.2. The normalized spacial score (nSPS) is 13.2. The zero-order valence-electron chi connectivity index (χ0n) is 9.20. The van der Waals surface area contributed by atoms with Gasteiger partial charge in [-0.05, 0) is 18.9 Å². The summed E-state index contributed by atoms with van der Waals surface area (Å²) in [6.07, 6.45) is -1.86. The molecule has 5 heteroatoms. The van der Waals surface area contributed by atoms with E-state index in [9.17, 15) is 13.2 Å². The van der Waals surface area contributed by atoms with Crippen molar-refractivity contribution in [2.45, 2.75) is 25.2 Å². The van der Waals surface area contributed by atoms with Crippen LogP contribution in [0, 0.1) is 0 Å². The smallest absolute Gasteiger partial charge is 0.405 e. The second-order valence-corrected chi connectivity index (χ2v) is 3.56. The third-order valence-corrected chi connectivity index (χ3v) is 2.23. The molecule has 0 aliphatic rings. The van der Waals surface area contributed by atoms with Gasteiger partial charge in [-0.1, -0.05) is 24.3 Å². The van der Waals surface area contributed by atoms with Crippen molar-refractivity contribution in [3.8, 4) is 5.75 Å². The Morgan fingerprint density at radius 2 is 2.00 bits per heavy atom. The molecule has 2 N–H and O–H groups in total. The van der Waals surface area contributed by atoms with Crippen LogP contribution in [-0.2, 0) is 0 Å². The van der Waals surface area contributed by atoms with Gasteiger partial charge in [0, 0.05) is 11.6 Å². The molecule has 1 aromatic rings. The van der Waals surface area contributed by atoms with Gasteiger partial charge in [0.05, 0.1) is 0 Å². The van der Waals surface area contributed by atoms with Crippen LogP contribution in [0.5, 0.6) is 5.75 Å². The van der Waals surface area contributed by atoms with Gasteiger partial charge in [0.15, 0.2) is 0 Å². The zero-order chi connectivity index (χ0) is 12.9. The molecule has 0 spiro atoms. The number of rotatable bonds is 5. The van der Waals surface area contributed by atoms with E-state index in [0.29, 0.717) is 18.4 Å². The Morgan fingerprint density at radius 1 is 1.35 bits per heavy atom. The molecule has 1 aromatic carbocycles. The minimum atomic E-state index is -4.70. The largest absolute Gasteiger partial charge is 0.573 e. The molecule has 0 aliphatic carbocycles. The van der Waals surface area contributed by atoms with Crippen LogP contribution in [-0.4, -0.2) is 6.36 Å². The van der Waals surface area contributed by atoms with Crippen LogP contribution in [0.2, 0.25) is 0 Å². The first-order valence-electron chi connectivity index (χ1n) is 5.15. The van der Waals surface area contributed by atoms with Crippen molar-refractivity contribution in [2.75, 3.05) is 0 Å². The molecule has 17 heavy (non-hydrogen) atoms. The minimum absolute atomic E-state index is 0.239. The molecule has 94 valence electrons. The Hall–Kier alpha value is -1.49. The summed E-state index contributed by atoms with van der Waals surface area (Å²) in [4.78, 5) is 0. The molecule has 0 unspecified atom stereocenters. The summed E-state index contributed by atoms with van der Waals surface area (Å²) < 4.78 is 40.4. The number of alkyl halides is 3. The van der Waals surface area contributed by atoms with Gasteiger partial charge in [0.2, 0.25) is 0 Å². The van der Waals surface area contributed by atoms with Crippen LogP contribution >= 0.6 is 0 Å². The monoisotopic (exact) mass is 245 g/mol. The molecule has 1 rings (SSSR count). The maximum Gasteiger partial charge on any atom is 0.573 e. The average molecular weight is 245 g/mol. The number of allylic oxidation sites excluding steroid dienone is 1. The summed E-state index contributed by atoms with van der Waals surface area (Å²) in [6, 6.07) is 5.41. The number of para-hydroxylation sites is 1. The van der Waals surface area contributed by atoms with Gasteiger partial charge < -0.3 is 10.5 Å². The van der Waals surface area contributed by atoms with Crippen molar-refractivity contribution in [1.29, 1.82) is 0 Å². The summed E-state index contributed by atoms with van der Waals surface area (Å²) in [5.41, 5.74) is 6.16. The molecule has 0 aromatic heterocycles. The lowest BCUT2D eigenvalue weighted by molar-refractivity contribution is -0.275. The molecular formula is C12H14F3NO. The summed E-state index contributed by atoms with van der Waals surface area (Å²) in [5, 5.41) is 0. The quantitative estimate of drug-likeness (QED) is 0.805. The molecule has 2 nitrogen and oxygen atoms in total. The van der Waals surface area contributed by atoms with Gasteiger partial charge in [0.1, 0.15) is 5.75 Å².